The number of benzene rings is 2. The molecule has 0 fully saturated rings. The average molecular weight is 316 g/mol. The summed E-state index contributed by atoms with van der Waals surface area (Å²) in [5.41, 5.74) is 4.96. The summed E-state index contributed by atoms with van der Waals surface area (Å²) < 4.78 is 0. The first-order valence-electron chi connectivity index (χ1n) is 8.32. The number of nitrogens with one attached hydrogen (secondary N) is 1. The van der Waals surface area contributed by atoms with Crippen LogP contribution in [0.15, 0.2) is 60.8 Å². The lowest BCUT2D eigenvalue weighted by atomic mass is 9.99. The lowest BCUT2D eigenvalue weighted by Crippen LogP contribution is -2.25. The fourth-order valence-corrected chi connectivity index (χ4v) is 3.17. The topological polar surface area (TPSA) is 41.1 Å². The Morgan fingerprint density at radius 3 is 2.79 bits per heavy atom. The standard InChI is InChI=1S/C20H20N4/c1-15-9-10-18-16(14-15)6-5-13-24(18)19-11-12-21-20(23-19)22-17-7-3-2-4-8-17/h2-4,7-12,14H,5-6,13H2,1H3,(H,21,22,23). The fraction of sp³-hybridized carbons (Fsp3) is 0.200. The van der Waals surface area contributed by atoms with Crippen LogP contribution in [0, 0.1) is 6.92 Å². The van der Waals surface area contributed by atoms with Gasteiger partial charge in [0.2, 0.25) is 5.95 Å². The van der Waals surface area contributed by atoms with E-state index in [-0.39, 0.29) is 0 Å². The van der Waals surface area contributed by atoms with Crippen LogP contribution in [0.3, 0.4) is 0 Å². The summed E-state index contributed by atoms with van der Waals surface area (Å²) in [5, 5.41) is 3.27. The highest BCUT2D eigenvalue weighted by Crippen LogP contribution is 2.33. The summed E-state index contributed by atoms with van der Waals surface area (Å²) in [5.74, 6) is 1.56. The van der Waals surface area contributed by atoms with Crippen LogP contribution < -0.4 is 10.2 Å². The molecule has 0 atom stereocenters. The van der Waals surface area contributed by atoms with Gasteiger partial charge in [-0.25, -0.2) is 4.98 Å². The predicted molar refractivity (Wildman–Crippen MR) is 98.3 cm³/mol. The molecule has 4 nitrogen and oxygen atoms in total. The molecule has 0 saturated heterocycles. The van der Waals surface area contributed by atoms with Gasteiger partial charge in [-0.05, 0) is 49.6 Å². The smallest absolute Gasteiger partial charge is 0.229 e. The van der Waals surface area contributed by atoms with Gasteiger partial charge < -0.3 is 10.2 Å². The zero-order valence-electron chi connectivity index (χ0n) is 13.7. The Bertz CT molecular complexity index is 845. The normalized spacial score (nSPS) is 13.5. The Morgan fingerprint density at radius 2 is 1.92 bits per heavy atom. The van der Waals surface area contributed by atoms with Crippen molar-refractivity contribution >= 4 is 23.1 Å². The Morgan fingerprint density at radius 1 is 1.04 bits per heavy atom. The maximum atomic E-state index is 4.72. The van der Waals surface area contributed by atoms with Gasteiger partial charge in [0.15, 0.2) is 0 Å². The number of anilines is 4. The van der Waals surface area contributed by atoms with Gasteiger partial charge in [-0.15, -0.1) is 0 Å². The second-order valence-corrected chi connectivity index (χ2v) is 6.12. The van der Waals surface area contributed by atoms with Crippen molar-refractivity contribution in [2.45, 2.75) is 19.8 Å². The summed E-state index contributed by atoms with van der Waals surface area (Å²) >= 11 is 0. The van der Waals surface area contributed by atoms with E-state index in [4.69, 9.17) is 4.98 Å². The van der Waals surface area contributed by atoms with Crippen molar-refractivity contribution in [3.05, 3.63) is 71.9 Å². The molecule has 1 aliphatic heterocycles. The Balaban J connectivity index is 1.65. The van der Waals surface area contributed by atoms with E-state index in [1.54, 1.807) is 0 Å². The van der Waals surface area contributed by atoms with Crippen LogP contribution in [0.5, 0.6) is 0 Å². The van der Waals surface area contributed by atoms with Crippen LogP contribution in [-0.4, -0.2) is 16.5 Å². The van der Waals surface area contributed by atoms with Gasteiger partial charge in [0.1, 0.15) is 5.82 Å². The number of fused-ring (bicyclic) bond motifs is 1. The molecule has 24 heavy (non-hydrogen) atoms. The summed E-state index contributed by atoms with van der Waals surface area (Å²) in [6.45, 7) is 3.13. The lowest BCUT2D eigenvalue weighted by Gasteiger charge is -2.30. The molecule has 1 aliphatic rings. The van der Waals surface area contributed by atoms with Gasteiger partial charge in [0.25, 0.3) is 0 Å². The van der Waals surface area contributed by atoms with Gasteiger partial charge >= 0.3 is 0 Å². The number of hydrogen-bond acceptors (Lipinski definition) is 4. The zero-order valence-corrected chi connectivity index (χ0v) is 13.7. The number of hydrogen-bond donors (Lipinski definition) is 1. The van der Waals surface area contributed by atoms with Gasteiger partial charge in [-0.1, -0.05) is 35.9 Å². The van der Waals surface area contributed by atoms with Crippen molar-refractivity contribution in [1.82, 2.24) is 9.97 Å². The summed E-state index contributed by atoms with van der Waals surface area (Å²) in [7, 11) is 0. The molecule has 120 valence electrons. The summed E-state index contributed by atoms with van der Waals surface area (Å²) in [4.78, 5) is 11.4. The van der Waals surface area contributed by atoms with Crippen LogP contribution >= 0.6 is 0 Å². The minimum absolute atomic E-state index is 0.623. The van der Waals surface area contributed by atoms with E-state index in [9.17, 15) is 0 Å². The van der Waals surface area contributed by atoms with Crippen LogP contribution in [-0.2, 0) is 6.42 Å². The van der Waals surface area contributed by atoms with Crippen molar-refractivity contribution < 1.29 is 0 Å². The molecule has 4 rings (SSSR count). The van der Waals surface area contributed by atoms with E-state index in [1.807, 2.05) is 42.6 Å². The van der Waals surface area contributed by atoms with E-state index in [1.165, 1.54) is 16.8 Å². The Kier molecular flexibility index (Phi) is 3.87. The van der Waals surface area contributed by atoms with Crippen molar-refractivity contribution in [2.24, 2.45) is 0 Å². The molecule has 0 radical (unpaired) electrons. The Labute approximate surface area is 142 Å². The van der Waals surface area contributed by atoms with E-state index in [0.29, 0.717) is 5.95 Å². The molecule has 0 aliphatic carbocycles. The van der Waals surface area contributed by atoms with E-state index in [2.05, 4.69) is 40.3 Å². The lowest BCUT2D eigenvalue weighted by molar-refractivity contribution is 0.758. The third kappa shape index (κ3) is 2.95. The van der Waals surface area contributed by atoms with Crippen LogP contribution in [0.25, 0.3) is 0 Å². The molecular formula is C20H20N4. The molecule has 4 heteroatoms. The Hall–Kier alpha value is -2.88. The van der Waals surface area contributed by atoms with Crippen molar-refractivity contribution in [3.8, 4) is 0 Å². The monoisotopic (exact) mass is 316 g/mol. The molecule has 0 bridgehead atoms. The molecular weight excluding hydrogens is 296 g/mol. The quantitative estimate of drug-likeness (QED) is 0.766. The molecule has 0 amide bonds. The largest absolute Gasteiger partial charge is 0.326 e. The predicted octanol–water partition coefficient (Wildman–Crippen LogP) is 4.61. The van der Waals surface area contributed by atoms with Crippen molar-refractivity contribution in [2.75, 3.05) is 16.8 Å². The maximum Gasteiger partial charge on any atom is 0.229 e. The first-order valence-corrected chi connectivity index (χ1v) is 8.32. The maximum absolute atomic E-state index is 4.72. The second kappa shape index (κ2) is 6.32. The van der Waals surface area contributed by atoms with Crippen LogP contribution in [0.2, 0.25) is 0 Å². The van der Waals surface area contributed by atoms with E-state index < -0.39 is 0 Å². The summed E-state index contributed by atoms with van der Waals surface area (Å²) in [6, 6.07) is 18.6. The molecule has 0 unspecified atom stereocenters. The first kappa shape index (κ1) is 14.7. The number of rotatable bonds is 3. The number of aryl methyl sites for hydroxylation is 2. The molecule has 3 aromatic rings. The second-order valence-electron chi connectivity index (χ2n) is 6.12. The van der Waals surface area contributed by atoms with Crippen LogP contribution in [0.1, 0.15) is 17.5 Å². The van der Waals surface area contributed by atoms with Crippen LogP contribution in [0.4, 0.5) is 23.1 Å². The highest BCUT2D eigenvalue weighted by atomic mass is 15.2. The van der Waals surface area contributed by atoms with E-state index in [0.717, 1.165) is 30.9 Å². The minimum atomic E-state index is 0.623. The molecule has 2 aromatic carbocycles. The number of aromatic nitrogens is 2. The number of nitrogens with zero attached hydrogens (tertiary/aromatic N) is 3. The summed E-state index contributed by atoms with van der Waals surface area (Å²) in [6.07, 6.45) is 4.09. The average Bonchev–Trinajstić information content (AvgIpc) is 2.62. The van der Waals surface area contributed by atoms with Gasteiger partial charge in [-0.3, -0.25) is 0 Å². The number of para-hydroxylation sites is 1. The third-order valence-corrected chi connectivity index (χ3v) is 4.30. The van der Waals surface area contributed by atoms with Gasteiger partial charge in [-0.2, -0.15) is 4.98 Å². The zero-order chi connectivity index (χ0) is 16.4. The molecule has 2 heterocycles. The highest BCUT2D eigenvalue weighted by Gasteiger charge is 2.19. The van der Waals surface area contributed by atoms with E-state index >= 15 is 0 Å². The van der Waals surface area contributed by atoms with Crippen molar-refractivity contribution in [1.29, 1.82) is 0 Å². The molecule has 1 N–H and O–H groups in total. The minimum Gasteiger partial charge on any atom is -0.326 e. The first-order chi connectivity index (χ1) is 11.8. The van der Waals surface area contributed by atoms with Gasteiger partial charge in [0.05, 0.1) is 0 Å². The molecule has 0 saturated carbocycles. The molecule has 0 spiro atoms. The SMILES string of the molecule is Cc1ccc2c(c1)CCCN2c1ccnc(Nc2ccccc2)n1. The molecule has 1 aromatic heterocycles. The third-order valence-electron chi connectivity index (χ3n) is 4.30. The fourth-order valence-electron chi connectivity index (χ4n) is 3.17. The van der Waals surface area contributed by atoms with Crippen molar-refractivity contribution in [3.63, 3.8) is 0 Å². The van der Waals surface area contributed by atoms with Gasteiger partial charge in [0, 0.05) is 24.1 Å². The highest BCUT2D eigenvalue weighted by molar-refractivity contribution is 5.67.